The van der Waals surface area contributed by atoms with E-state index in [9.17, 15) is 8.78 Å². The summed E-state index contributed by atoms with van der Waals surface area (Å²) in [6, 6.07) is 6.86. The average Bonchev–Trinajstić information content (AvgIpc) is 3.17. The minimum atomic E-state index is -0.645. The Balaban J connectivity index is 1.37. The molecule has 10 heteroatoms. The van der Waals surface area contributed by atoms with E-state index in [0.29, 0.717) is 29.3 Å². The Morgan fingerprint density at radius 1 is 1.08 bits per heavy atom. The third-order valence-electron chi connectivity index (χ3n) is 6.43. The molecule has 4 aromatic rings. The van der Waals surface area contributed by atoms with Crippen LogP contribution in [0.5, 0.6) is 0 Å². The second-order valence-electron chi connectivity index (χ2n) is 10.3. The zero-order valence-corrected chi connectivity index (χ0v) is 21.7. The number of hydrogen-bond donors (Lipinski definition) is 1. The molecule has 1 fully saturated rings. The third-order valence-corrected chi connectivity index (χ3v) is 6.43. The van der Waals surface area contributed by atoms with Gasteiger partial charge in [-0.1, -0.05) is 6.07 Å². The third kappa shape index (κ3) is 5.30. The summed E-state index contributed by atoms with van der Waals surface area (Å²) in [5, 5.41) is 3.03. The Labute approximate surface area is 214 Å². The maximum absolute atomic E-state index is 14.9. The number of halogens is 2. The van der Waals surface area contributed by atoms with Crippen LogP contribution in [0, 0.1) is 18.6 Å². The van der Waals surface area contributed by atoms with Crippen molar-refractivity contribution in [2.24, 2.45) is 0 Å². The van der Waals surface area contributed by atoms with E-state index in [0.717, 1.165) is 31.4 Å². The first-order valence-corrected chi connectivity index (χ1v) is 12.4. The fraction of sp³-hybridized carbons (Fsp3) is 0.407. The van der Waals surface area contributed by atoms with Crippen molar-refractivity contribution < 1.29 is 13.5 Å². The first-order chi connectivity index (χ1) is 17.6. The van der Waals surface area contributed by atoms with E-state index in [1.54, 1.807) is 12.3 Å². The first-order valence-electron chi connectivity index (χ1n) is 12.4. The van der Waals surface area contributed by atoms with Crippen LogP contribution in [0.15, 0.2) is 36.7 Å². The predicted octanol–water partition coefficient (Wildman–Crippen LogP) is 5.41. The highest BCUT2D eigenvalue weighted by atomic mass is 19.1. The number of anilines is 2. The van der Waals surface area contributed by atoms with E-state index in [4.69, 9.17) is 4.74 Å². The van der Waals surface area contributed by atoms with Gasteiger partial charge in [0.25, 0.3) is 0 Å². The van der Waals surface area contributed by atoms with E-state index in [1.807, 2.05) is 37.5 Å². The van der Waals surface area contributed by atoms with Gasteiger partial charge >= 0.3 is 0 Å². The van der Waals surface area contributed by atoms with Gasteiger partial charge in [0, 0.05) is 37.4 Å². The van der Waals surface area contributed by atoms with E-state index in [-0.39, 0.29) is 28.8 Å². The van der Waals surface area contributed by atoms with Crippen LogP contribution in [-0.4, -0.2) is 54.7 Å². The molecule has 194 valence electrons. The van der Waals surface area contributed by atoms with Crippen molar-refractivity contribution in [1.82, 2.24) is 29.4 Å². The number of hydrogen-bond acceptors (Lipinski definition) is 7. The lowest BCUT2D eigenvalue weighted by molar-refractivity contribution is -0.0882. The zero-order valence-electron chi connectivity index (χ0n) is 21.7. The van der Waals surface area contributed by atoms with Gasteiger partial charge in [0.2, 0.25) is 5.95 Å². The van der Waals surface area contributed by atoms with Gasteiger partial charge in [0.15, 0.2) is 11.6 Å². The van der Waals surface area contributed by atoms with Crippen molar-refractivity contribution in [2.45, 2.75) is 52.8 Å². The molecular weight excluding hydrogens is 476 g/mol. The molecule has 1 aliphatic heterocycles. The maximum atomic E-state index is 14.9. The van der Waals surface area contributed by atoms with Crippen molar-refractivity contribution in [3.63, 3.8) is 0 Å². The zero-order chi connectivity index (χ0) is 26.3. The molecule has 5 rings (SSSR count). The molecule has 37 heavy (non-hydrogen) atoms. The number of aromatic nitrogens is 5. The molecule has 1 N–H and O–H groups in total. The second kappa shape index (κ2) is 9.75. The summed E-state index contributed by atoms with van der Waals surface area (Å²) >= 11 is 0. The lowest BCUT2D eigenvalue weighted by atomic mass is 10.1. The Hall–Kier alpha value is -3.50. The SMILES string of the molecule is Cc1nc2c(F)cc(-c3nc(Nc4ccc(CN5CCOC(C)(C)C5)cn4)ncc3F)cc2n1C(C)C. The average molecular weight is 508 g/mol. The minimum Gasteiger partial charge on any atom is -0.373 e. The summed E-state index contributed by atoms with van der Waals surface area (Å²) in [4.78, 5) is 19.6. The Kier molecular flexibility index (Phi) is 6.63. The van der Waals surface area contributed by atoms with Crippen molar-refractivity contribution >= 4 is 22.8 Å². The fourth-order valence-corrected chi connectivity index (χ4v) is 4.90. The molecule has 0 unspecified atom stereocenters. The van der Waals surface area contributed by atoms with E-state index >= 15 is 0 Å². The highest BCUT2D eigenvalue weighted by molar-refractivity contribution is 5.83. The molecular formula is C27H31F2N7O. The fourth-order valence-electron chi connectivity index (χ4n) is 4.90. The van der Waals surface area contributed by atoms with Crippen LogP contribution < -0.4 is 5.32 Å². The molecule has 0 aliphatic carbocycles. The van der Waals surface area contributed by atoms with Crippen LogP contribution in [0.2, 0.25) is 0 Å². The van der Waals surface area contributed by atoms with Crippen molar-refractivity contribution in [3.05, 3.63) is 59.7 Å². The lowest BCUT2D eigenvalue weighted by Crippen LogP contribution is -2.47. The molecule has 1 aromatic carbocycles. The molecule has 0 spiro atoms. The number of nitrogens with zero attached hydrogens (tertiary/aromatic N) is 6. The molecule has 0 atom stereocenters. The van der Waals surface area contributed by atoms with E-state index in [2.05, 4.69) is 44.0 Å². The van der Waals surface area contributed by atoms with E-state index < -0.39 is 11.6 Å². The van der Waals surface area contributed by atoms with Gasteiger partial charge in [0.05, 0.1) is 23.9 Å². The van der Waals surface area contributed by atoms with Gasteiger partial charge in [-0.25, -0.2) is 28.7 Å². The number of imidazole rings is 1. The van der Waals surface area contributed by atoms with E-state index in [1.165, 1.54) is 6.07 Å². The van der Waals surface area contributed by atoms with Gasteiger partial charge in [-0.05, 0) is 58.4 Å². The number of morpholine rings is 1. The highest BCUT2D eigenvalue weighted by Crippen LogP contribution is 2.30. The van der Waals surface area contributed by atoms with Gasteiger partial charge < -0.3 is 14.6 Å². The van der Waals surface area contributed by atoms with Crippen LogP contribution in [0.1, 0.15) is 45.1 Å². The number of fused-ring (bicyclic) bond motifs is 1. The number of nitrogens with one attached hydrogen (secondary N) is 1. The molecule has 3 aromatic heterocycles. The predicted molar refractivity (Wildman–Crippen MR) is 139 cm³/mol. The smallest absolute Gasteiger partial charge is 0.229 e. The molecule has 1 aliphatic rings. The van der Waals surface area contributed by atoms with Crippen LogP contribution in [-0.2, 0) is 11.3 Å². The Morgan fingerprint density at radius 2 is 1.89 bits per heavy atom. The van der Waals surface area contributed by atoms with Crippen molar-refractivity contribution in [1.29, 1.82) is 0 Å². The summed E-state index contributed by atoms with van der Waals surface area (Å²) in [6.45, 7) is 13.2. The van der Waals surface area contributed by atoms with Crippen molar-refractivity contribution in [2.75, 3.05) is 25.0 Å². The number of aryl methyl sites for hydroxylation is 1. The highest BCUT2D eigenvalue weighted by Gasteiger charge is 2.27. The van der Waals surface area contributed by atoms with Crippen molar-refractivity contribution in [3.8, 4) is 11.3 Å². The number of benzene rings is 1. The topological polar surface area (TPSA) is 81.0 Å². The number of rotatable bonds is 6. The van der Waals surface area contributed by atoms with Crippen LogP contribution >= 0.6 is 0 Å². The Bertz CT molecular complexity index is 1430. The van der Waals surface area contributed by atoms with Crippen LogP contribution in [0.25, 0.3) is 22.3 Å². The quantitative estimate of drug-likeness (QED) is 0.374. The molecule has 0 radical (unpaired) electrons. The largest absolute Gasteiger partial charge is 0.373 e. The molecule has 4 heterocycles. The van der Waals surface area contributed by atoms with Gasteiger partial charge in [-0.15, -0.1) is 0 Å². The summed E-state index contributed by atoms with van der Waals surface area (Å²) in [6.07, 6.45) is 2.88. The minimum absolute atomic E-state index is 0.000915. The number of pyridine rings is 1. The maximum Gasteiger partial charge on any atom is 0.229 e. The first kappa shape index (κ1) is 25.2. The van der Waals surface area contributed by atoms with Gasteiger partial charge in [-0.2, -0.15) is 0 Å². The molecule has 8 nitrogen and oxygen atoms in total. The summed E-state index contributed by atoms with van der Waals surface area (Å²) < 4.78 is 37.4. The summed E-state index contributed by atoms with van der Waals surface area (Å²) in [7, 11) is 0. The molecule has 0 amide bonds. The number of ether oxygens (including phenoxy) is 1. The molecule has 1 saturated heterocycles. The normalized spacial score (nSPS) is 16.0. The van der Waals surface area contributed by atoms with Gasteiger partial charge in [0.1, 0.15) is 22.9 Å². The second-order valence-corrected chi connectivity index (χ2v) is 10.3. The summed E-state index contributed by atoms with van der Waals surface area (Å²) in [5.41, 5.74) is 2.07. The molecule has 0 saturated carbocycles. The standard InChI is InChI=1S/C27H31F2N7O/c1-16(2)36-17(3)32-25-20(28)10-19(11-22(25)36)24-21(29)13-31-26(34-24)33-23-7-6-18(12-30-23)14-35-8-9-37-27(4,5)15-35/h6-7,10-13,16H,8-9,14-15H2,1-5H3,(H,30,31,33,34). The lowest BCUT2D eigenvalue weighted by Gasteiger charge is -2.38. The molecule has 0 bridgehead atoms. The van der Waals surface area contributed by atoms with Crippen LogP contribution in [0.3, 0.4) is 0 Å². The van der Waals surface area contributed by atoms with Gasteiger partial charge in [-0.3, -0.25) is 4.90 Å². The monoisotopic (exact) mass is 507 g/mol. The Morgan fingerprint density at radius 3 is 2.59 bits per heavy atom. The summed E-state index contributed by atoms with van der Waals surface area (Å²) in [5.74, 6) is 0.217. The van der Waals surface area contributed by atoms with Crippen LogP contribution in [0.4, 0.5) is 20.5 Å².